The third kappa shape index (κ3) is 8.82. The highest BCUT2D eigenvalue weighted by Gasteiger charge is 2.28. The van der Waals surface area contributed by atoms with Crippen LogP contribution in [0.1, 0.15) is 0 Å². The molecular weight excluding hydrogens is 777 g/mol. The summed E-state index contributed by atoms with van der Waals surface area (Å²) in [5.41, 5.74) is 6.90. The highest BCUT2D eigenvalue weighted by atomic mass is 35.5. The second-order valence-electron chi connectivity index (χ2n) is 11.5. The maximum absolute atomic E-state index is 8.12. The quantitative estimate of drug-likeness (QED) is 0.0880. The van der Waals surface area contributed by atoms with Crippen molar-refractivity contribution < 1.29 is 61.6 Å². The molecule has 284 valence electrons. The van der Waals surface area contributed by atoms with Crippen LogP contribution in [0.4, 0.5) is 0 Å². The van der Waals surface area contributed by atoms with E-state index in [1.54, 1.807) is 33.4 Å². The minimum absolute atomic E-state index is 0. The molecule has 0 spiro atoms. The molecule has 0 unspecified atom stereocenters. The Hall–Kier alpha value is -6.67. The molecule has 16 heteroatoms. The lowest BCUT2D eigenvalue weighted by Crippen LogP contribution is -3.00. The van der Waals surface area contributed by atoms with Gasteiger partial charge in [0, 0.05) is 14.9 Å². The van der Waals surface area contributed by atoms with Gasteiger partial charge in [-0.05, 0) is 116 Å². The van der Waals surface area contributed by atoms with Crippen LogP contribution in [0.2, 0.25) is 0 Å². The summed E-state index contributed by atoms with van der Waals surface area (Å²) < 4.78 is 11.9. The second kappa shape index (κ2) is 19.6. The Bertz CT molecular complexity index is 2300. The number of nitrogens with zero attached hydrogens (tertiary/aromatic N) is 8. The molecule has 0 aliphatic heterocycles. The lowest BCUT2D eigenvalue weighted by molar-refractivity contribution is -0.734. The van der Waals surface area contributed by atoms with Crippen molar-refractivity contribution in [2.75, 3.05) is 14.2 Å². The van der Waals surface area contributed by atoms with E-state index in [0.717, 1.165) is 45.0 Å². The summed E-state index contributed by atoms with van der Waals surface area (Å²) >= 11 is 0. The first-order valence-electron chi connectivity index (χ1n) is 16.5. The molecule has 0 radical (unpaired) electrons. The smallest absolute Gasteiger partial charge is 0.340 e. The van der Waals surface area contributed by atoms with Gasteiger partial charge in [-0.3, -0.25) is 10.1 Å². The zero-order chi connectivity index (χ0) is 36.6. The van der Waals surface area contributed by atoms with Crippen molar-refractivity contribution in [3.8, 4) is 68.2 Å². The van der Waals surface area contributed by atoms with Gasteiger partial charge in [0.1, 0.15) is 11.4 Å². The van der Waals surface area contributed by atoms with Gasteiger partial charge in [-0.2, -0.15) is 0 Å². The topological polar surface area (TPSA) is 142 Å². The summed E-state index contributed by atoms with van der Waals surface area (Å²) in [6.45, 7) is 0. The summed E-state index contributed by atoms with van der Waals surface area (Å²) in [5.74, 6) is 2.45. The Balaban J connectivity index is 0.00000113. The highest BCUT2D eigenvalue weighted by Crippen LogP contribution is 2.32. The molecule has 8 rings (SSSR count). The molecule has 0 bridgehead atoms. The van der Waals surface area contributed by atoms with Gasteiger partial charge in [-0.25, -0.2) is 0 Å². The molecule has 1 N–H and O–H groups in total. The van der Waals surface area contributed by atoms with Crippen LogP contribution in [-0.2, 0) is 0 Å². The van der Waals surface area contributed by atoms with E-state index in [0.29, 0.717) is 23.1 Å². The molecule has 56 heavy (non-hydrogen) atoms. The maximum atomic E-state index is 8.12. The SMILES string of the molecule is COc1cc(-c2ccc(-[n+]3nc(-c4ccccc4)nn3-c3ccccc3)c(OC)c2)ccc1-[n+]1nc(-c2ccccc2)nn1-c1ccccc1.O=[NH+][O-].[Cl-].[Cl-].[Cl-]. The number of aromatic nitrogens is 8. The molecule has 6 aromatic carbocycles. The molecule has 0 saturated carbocycles. The van der Waals surface area contributed by atoms with Crippen molar-refractivity contribution in [3.05, 3.63) is 168 Å². The third-order valence-corrected chi connectivity index (χ3v) is 8.28. The van der Waals surface area contributed by atoms with Crippen LogP contribution >= 0.6 is 0 Å². The number of benzene rings is 6. The lowest BCUT2D eigenvalue weighted by Gasteiger charge is -2.11. The van der Waals surface area contributed by atoms with Crippen LogP contribution in [0.5, 0.6) is 11.5 Å². The Kier molecular flexibility index (Phi) is 14.7. The monoisotopic (exact) mass is 808 g/mol. The summed E-state index contributed by atoms with van der Waals surface area (Å²) in [6.07, 6.45) is 0. The summed E-state index contributed by atoms with van der Waals surface area (Å²) in [6, 6.07) is 51.7. The fourth-order valence-electron chi connectivity index (χ4n) is 5.79. The number of methoxy groups -OCH3 is 2. The fraction of sp³-hybridized carbons (Fsp3) is 0.0500. The number of para-hydroxylation sites is 2. The van der Waals surface area contributed by atoms with Crippen LogP contribution in [-0.4, -0.2) is 44.2 Å². The molecule has 0 aliphatic carbocycles. The fourth-order valence-corrected chi connectivity index (χ4v) is 5.79. The van der Waals surface area contributed by atoms with E-state index in [1.165, 1.54) is 0 Å². The van der Waals surface area contributed by atoms with Crippen LogP contribution in [0.25, 0.3) is 56.7 Å². The van der Waals surface area contributed by atoms with Crippen molar-refractivity contribution in [3.63, 3.8) is 0 Å². The van der Waals surface area contributed by atoms with Crippen LogP contribution in [0.15, 0.2) is 158 Å². The largest absolute Gasteiger partial charge is 1.00 e. The minimum Gasteiger partial charge on any atom is -1.00 e. The number of halogens is 3. The van der Waals surface area contributed by atoms with Crippen LogP contribution < -0.4 is 61.6 Å². The second-order valence-corrected chi connectivity index (χ2v) is 11.5. The van der Waals surface area contributed by atoms with Crippen LogP contribution in [0, 0.1) is 10.1 Å². The maximum Gasteiger partial charge on any atom is 0.340 e. The Morgan fingerprint density at radius 3 is 1.14 bits per heavy atom. The van der Waals surface area contributed by atoms with Crippen molar-refractivity contribution in [1.29, 1.82) is 0 Å². The lowest BCUT2D eigenvalue weighted by atomic mass is 10.0. The minimum atomic E-state index is 0. The number of tetrazole rings is 2. The average molecular weight is 810 g/mol. The van der Waals surface area contributed by atoms with Gasteiger partial charge in [0.2, 0.25) is 11.4 Å². The van der Waals surface area contributed by atoms with E-state index in [-0.39, 0.29) is 42.6 Å². The Morgan fingerprint density at radius 2 is 0.821 bits per heavy atom. The molecular formula is C40H33Cl3N9O4-. The highest BCUT2D eigenvalue weighted by molar-refractivity contribution is 5.70. The van der Waals surface area contributed by atoms with Gasteiger partial charge in [0.25, 0.3) is 0 Å². The molecule has 0 aliphatic rings. The third-order valence-electron chi connectivity index (χ3n) is 8.28. The van der Waals surface area contributed by atoms with Gasteiger partial charge in [0.05, 0.1) is 35.5 Å². The molecule has 8 aromatic rings. The normalized spacial score (nSPS) is 10.0. The van der Waals surface area contributed by atoms with Gasteiger partial charge in [-0.1, -0.05) is 72.8 Å². The Morgan fingerprint density at radius 1 is 0.500 bits per heavy atom. The summed E-state index contributed by atoms with van der Waals surface area (Å²) in [7, 11) is 3.32. The van der Waals surface area contributed by atoms with E-state index in [4.69, 9.17) is 40.0 Å². The summed E-state index contributed by atoms with van der Waals surface area (Å²) in [5, 5.41) is 28.0. The number of hydrogen-bond donors (Lipinski definition) is 1. The number of rotatable bonds is 9. The molecule has 0 atom stereocenters. The van der Waals surface area contributed by atoms with E-state index < -0.39 is 0 Å². The predicted octanol–water partition coefficient (Wildman–Crippen LogP) is -4.24. The molecule has 2 heterocycles. The predicted molar refractivity (Wildman–Crippen MR) is 196 cm³/mol. The number of nitrogens with one attached hydrogen (secondary N) is 1. The first kappa shape index (κ1) is 42.1. The molecule has 0 fully saturated rings. The van der Waals surface area contributed by atoms with Gasteiger partial charge in [0.15, 0.2) is 11.5 Å². The first-order chi connectivity index (χ1) is 26.1. The van der Waals surface area contributed by atoms with E-state index in [9.17, 15) is 0 Å². The number of hydrogen-bond acceptors (Lipinski definition) is 8. The molecule has 0 saturated heterocycles. The summed E-state index contributed by atoms with van der Waals surface area (Å²) in [4.78, 5) is 15.2. The standard InChI is InChI=1S/C40H32N8O2.3ClH.HNO2/c1-49-37-27-31(23-25-35(37)47-43-39(29-15-7-3-8-16-29)41-45(47)33-19-11-5-12-20-33)32-24-26-36(38(28-32)50-2)48-44-40(30-17-9-4-10-18-30)42-46(48)34-21-13-6-14-22-34;;;;2-1-3/h3-28H,1-2H3;3*1H;1H/q+2;;;;/p-3. The first-order valence-corrected chi connectivity index (χ1v) is 16.5. The van der Waals surface area contributed by atoms with Crippen LogP contribution in [0.3, 0.4) is 0 Å². The Labute approximate surface area is 340 Å². The average Bonchev–Trinajstić information content (AvgIpc) is 3.88. The molecule has 2 aromatic heterocycles. The van der Waals surface area contributed by atoms with Crippen molar-refractivity contribution >= 4 is 0 Å². The van der Waals surface area contributed by atoms with Crippen molar-refractivity contribution in [2.45, 2.75) is 0 Å². The molecule has 13 nitrogen and oxygen atoms in total. The zero-order valence-electron chi connectivity index (χ0n) is 29.9. The zero-order valence-corrected chi connectivity index (χ0v) is 32.1. The number of ether oxygens (including phenoxy) is 2. The molecule has 0 amide bonds. The van der Waals surface area contributed by atoms with Crippen molar-refractivity contribution in [1.82, 2.24) is 30.0 Å². The van der Waals surface area contributed by atoms with Gasteiger partial charge >= 0.3 is 11.6 Å². The van der Waals surface area contributed by atoms with Gasteiger partial charge in [-0.15, -0.1) is 0 Å². The van der Waals surface area contributed by atoms with Crippen molar-refractivity contribution in [2.24, 2.45) is 0 Å². The van der Waals surface area contributed by atoms with E-state index in [2.05, 4.69) is 0 Å². The van der Waals surface area contributed by atoms with E-state index >= 15 is 0 Å². The van der Waals surface area contributed by atoms with Gasteiger partial charge < -0.3 is 46.7 Å². The van der Waals surface area contributed by atoms with E-state index in [1.807, 2.05) is 158 Å².